The standard InChI is InChI=1S/C11H10N4O2/c1-7(16)8-2-4-13-10(6-8)15-5-3-9(14-15)11(12)17/h2-6H,1H3,(H2,12,17). The van der Waals surface area contributed by atoms with Gasteiger partial charge in [-0.15, -0.1) is 0 Å². The summed E-state index contributed by atoms with van der Waals surface area (Å²) in [5, 5.41) is 3.95. The van der Waals surface area contributed by atoms with Crippen LogP contribution in [0.2, 0.25) is 0 Å². The molecule has 2 rings (SSSR count). The maximum Gasteiger partial charge on any atom is 0.269 e. The lowest BCUT2D eigenvalue weighted by Gasteiger charge is -2.01. The molecule has 0 unspecified atom stereocenters. The second-order valence-electron chi connectivity index (χ2n) is 3.47. The van der Waals surface area contributed by atoms with Crippen molar-refractivity contribution in [3.63, 3.8) is 0 Å². The predicted octanol–water partition coefficient (Wildman–Crippen LogP) is 0.569. The number of carbonyl (C=O) groups is 2. The first kappa shape index (κ1) is 11.0. The van der Waals surface area contributed by atoms with Gasteiger partial charge in [0.05, 0.1) is 0 Å². The van der Waals surface area contributed by atoms with Gasteiger partial charge in [-0.25, -0.2) is 9.67 Å². The van der Waals surface area contributed by atoms with E-state index in [0.717, 1.165) is 0 Å². The Morgan fingerprint density at radius 2 is 2.12 bits per heavy atom. The van der Waals surface area contributed by atoms with Crippen LogP contribution in [0.1, 0.15) is 27.8 Å². The van der Waals surface area contributed by atoms with E-state index in [9.17, 15) is 9.59 Å². The number of carbonyl (C=O) groups excluding carboxylic acids is 2. The highest BCUT2D eigenvalue weighted by atomic mass is 16.1. The van der Waals surface area contributed by atoms with Crippen molar-refractivity contribution in [1.82, 2.24) is 14.8 Å². The van der Waals surface area contributed by atoms with Crippen molar-refractivity contribution in [3.05, 3.63) is 41.9 Å². The number of hydrogen-bond acceptors (Lipinski definition) is 4. The minimum atomic E-state index is -0.605. The van der Waals surface area contributed by atoms with E-state index < -0.39 is 5.91 Å². The van der Waals surface area contributed by atoms with Gasteiger partial charge in [0.1, 0.15) is 5.69 Å². The monoisotopic (exact) mass is 230 g/mol. The van der Waals surface area contributed by atoms with Gasteiger partial charge in [-0.3, -0.25) is 9.59 Å². The summed E-state index contributed by atoms with van der Waals surface area (Å²) in [6.45, 7) is 1.47. The molecule has 0 aliphatic carbocycles. The Kier molecular flexibility index (Phi) is 2.70. The van der Waals surface area contributed by atoms with Crippen molar-refractivity contribution in [2.45, 2.75) is 6.92 Å². The molecule has 0 spiro atoms. The topological polar surface area (TPSA) is 90.9 Å². The van der Waals surface area contributed by atoms with Crippen LogP contribution < -0.4 is 5.73 Å². The van der Waals surface area contributed by atoms with Crippen molar-refractivity contribution in [1.29, 1.82) is 0 Å². The number of primary amides is 1. The van der Waals surface area contributed by atoms with Gasteiger partial charge in [-0.2, -0.15) is 5.10 Å². The summed E-state index contributed by atoms with van der Waals surface area (Å²) in [6.07, 6.45) is 3.07. The molecule has 86 valence electrons. The second kappa shape index (κ2) is 4.17. The number of Topliss-reactive ketones (excluding diaryl/α,β-unsaturated/α-hetero) is 1. The molecule has 0 bridgehead atoms. The number of pyridine rings is 1. The lowest BCUT2D eigenvalue weighted by atomic mass is 10.2. The zero-order valence-corrected chi connectivity index (χ0v) is 9.12. The summed E-state index contributed by atoms with van der Waals surface area (Å²) in [7, 11) is 0. The summed E-state index contributed by atoms with van der Waals surface area (Å²) in [4.78, 5) is 26.2. The highest BCUT2D eigenvalue weighted by Crippen LogP contribution is 2.08. The molecule has 6 heteroatoms. The summed E-state index contributed by atoms with van der Waals surface area (Å²) < 4.78 is 1.40. The number of hydrogen-bond donors (Lipinski definition) is 1. The molecule has 0 aromatic carbocycles. The molecular formula is C11H10N4O2. The quantitative estimate of drug-likeness (QED) is 0.780. The molecule has 1 amide bonds. The van der Waals surface area contributed by atoms with Crippen molar-refractivity contribution in [2.24, 2.45) is 5.73 Å². The number of amides is 1. The maximum atomic E-state index is 11.2. The number of rotatable bonds is 3. The normalized spacial score (nSPS) is 10.2. The van der Waals surface area contributed by atoms with Gasteiger partial charge in [0.15, 0.2) is 11.6 Å². The van der Waals surface area contributed by atoms with E-state index in [4.69, 9.17) is 5.73 Å². The minimum absolute atomic E-state index is 0.0593. The molecule has 0 saturated carbocycles. The summed E-state index contributed by atoms with van der Waals surface area (Å²) in [5.74, 6) is -0.201. The molecule has 2 N–H and O–H groups in total. The predicted molar refractivity (Wildman–Crippen MR) is 59.9 cm³/mol. The Balaban J connectivity index is 2.42. The third kappa shape index (κ3) is 2.20. The highest BCUT2D eigenvalue weighted by Gasteiger charge is 2.08. The molecule has 17 heavy (non-hydrogen) atoms. The molecule has 2 aromatic heterocycles. The first-order chi connectivity index (χ1) is 8.08. The smallest absolute Gasteiger partial charge is 0.269 e. The van der Waals surface area contributed by atoms with E-state index >= 15 is 0 Å². The fourth-order valence-corrected chi connectivity index (χ4v) is 1.35. The van der Waals surface area contributed by atoms with Crippen molar-refractivity contribution < 1.29 is 9.59 Å². The zero-order valence-electron chi connectivity index (χ0n) is 9.12. The van der Waals surface area contributed by atoms with Gasteiger partial charge in [0.2, 0.25) is 0 Å². The van der Waals surface area contributed by atoms with Crippen LogP contribution in [0, 0.1) is 0 Å². The lowest BCUT2D eigenvalue weighted by molar-refractivity contribution is 0.0991. The molecular weight excluding hydrogens is 220 g/mol. The maximum absolute atomic E-state index is 11.2. The zero-order chi connectivity index (χ0) is 12.4. The number of ketones is 1. The van der Waals surface area contributed by atoms with Crippen LogP contribution >= 0.6 is 0 Å². The Hall–Kier alpha value is -2.50. The van der Waals surface area contributed by atoms with E-state index in [-0.39, 0.29) is 11.5 Å². The Morgan fingerprint density at radius 1 is 1.35 bits per heavy atom. The lowest BCUT2D eigenvalue weighted by Crippen LogP contribution is -2.12. The average molecular weight is 230 g/mol. The fourth-order valence-electron chi connectivity index (χ4n) is 1.35. The van der Waals surface area contributed by atoms with Gasteiger partial charge < -0.3 is 5.73 Å². The van der Waals surface area contributed by atoms with Crippen molar-refractivity contribution in [3.8, 4) is 5.82 Å². The van der Waals surface area contributed by atoms with Crippen LogP contribution in [0.25, 0.3) is 5.82 Å². The largest absolute Gasteiger partial charge is 0.364 e. The molecule has 2 aromatic rings. The Morgan fingerprint density at radius 3 is 2.71 bits per heavy atom. The number of aromatic nitrogens is 3. The molecule has 0 aliphatic heterocycles. The summed E-state index contributed by atoms with van der Waals surface area (Å²) >= 11 is 0. The van der Waals surface area contributed by atoms with Gasteiger partial charge in [-0.05, 0) is 25.1 Å². The highest BCUT2D eigenvalue weighted by molar-refractivity contribution is 5.94. The molecule has 2 heterocycles. The third-order valence-electron chi connectivity index (χ3n) is 2.23. The van der Waals surface area contributed by atoms with E-state index in [2.05, 4.69) is 10.1 Å². The molecule has 0 atom stereocenters. The van der Waals surface area contributed by atoms with Gasteiger partial charge >= 0.3 is 0 Å². The van der Waals surface area contributed by atoms with Crippen LogP contribution in [0.15, 0.2) is 30.6 Å². The molecule has 0 aliphatic rings. The Bertz CT molecular complexity index is 589. The van der Waals surface area contributed by atoms with Crippen molar-refractivity contribution in [2.75, 3.05) is 0 Å². The molecule has 0 fully saturated rings. The number of nitrogens with zero attached hydrogens (tertiary/aromatic N) is 3. The van der Waals surface area contributed by atoms with Gasteiger partial charge in [-0.1, -0.05) is 0 Å². The average Bonchev–Trinajstić information content (AvgIpc) is 2.78. The van der Waals surface area contributed by atoms with E-state index in [1.165, 1.54) is 23.9 Å². The van der Waals surface area contributed by atoms with Crippen LogP contribution in [0.3, 0.4) is 0 Å². The van der Waals surface area contributed by atoms with Gasteiger partial charge in [0, 0.05) is 18.0 Å². The third-order valence-corrected chi connectivity index (χ3v) is 2.23. The van der Waals surface area contributed by atoms with Crippen LogP contribution in [0.5, 0.6) is 0 Å². The number of nitrogens with two attached hydrogens (primary N) is 1. The Labute approximate surface area is 97.1 Å². The first-order valence-electron chi connectivity index (χ1n) is 4.91. The summed E-state index contributed by atoms with van der Waals surface area (Å²) in [5.41, 5.74) is 5.78. The van der Waals surface area contributed by atoms with Crippen molar-refractivity contribution >= 4 is 11.7 Å². The van der Waals surface area contributed by atoms with E-state index in [1.54, 1.807) is 18.3 Å². The summed E-state index contributed by atoms with van der Waals surface area (Å²) in [6, 6.07) is 4.70. The second-order valence-corrected chi connectivity index (χ2v) is 3.47. The molecule has 0 saturated heterocycles. The minimum Gasteiger partial charge on any atom is -0.364 e. The fraction of sp³-hybridized carbons (Fsp3) is 0.0909. The van der Waals surface area contributed by atoms with E-state index in [0.29, 0.717) is 11.4 Å². The molecule has 0 radical (unpaired) electrons. The SMILES string of the molecule is CC(=O)c1ccnc(-n2ccc(C(N)=O)n2)c1. The van der Waals surface area contributed by atoms with Gasteiger partial charge in [0.25, 0.3) is 5.91 Å². The first-order valence-corrected chi connectivity index (χ1v) is 4.91. The molecule has 6 nitrogen and oxygen atoms in total. The van der Waals surface area contributed by atoms with Crippen LogP contribution in [-0.2, 0) is 0 Å². The van der Waals surface area contributed by atoms with Crippen LogP contribution in [-0.4, -0.2) is 26.5 Å². The van der Waals surface area contributed by atoms with Crippen LogP contribution in [0.4, 0.5) is 0 Å². The van der Waals surface area contributed by atoms with E-state index in [1.807, 2.05) is 0 Å².